The summed E-state index contributed by atoms with van der Waals surface area (Å²) in [7, 11) is 1.62. The highest BCUT2D eigenvalue weighted by atomic mass is 16.5. The Kier molecular flexibility index (Phi) is 6.47. The van der Waals surface area contributed by atoms with E-state index >= 15 is 0 Å². The van der Waals surface area contributed by atoms with Crippen LogP contribution in [0.5, 0.6) is 11.5 Å². The third kappa shape index (κ3) is 5.61. The van der Waals surface area contributed by atoms with Gasteiger partial charge in [-0.1, -0.05) is 60.7 Å². The Morgan fingerprint density at radius 1 is 0.741 bits per heavy atom. The normalized spacial score (nSPS) is 10.3. The van der Waals surface area contributed by atoms with E-state index in [1.807, 2.05) is 77.7 Å². The minimum Gasteiger partial charge on any atom is -0.497 e. The average Bonchev–Trinajstić information content (AvgIpc) is 2.73. The molecule has 0 radical (unpaired) electrons. The highest BCUT2D eigenvalue weighted by molar-refractivity contribution is 5.77. The van der Waals surface area contributed by atoms with Crippen LogP contribution in [0, 0.1) is 0 Å². The average molecular weight is 361 g/mol. The fourth-order valence-electron chi connectivity index (χ4n) is 2.75. The maximum absolute atomic E-state index is 12.8. The maximum Gasteiger partial charge on any atom is 0.261 e. The molecule has 0 saturated heterocycles. The van der Waals surface area contributed by atoms with Crippen LogP contribution in [0.25, 0.3) is 0 Å². The molecule has 0 spiro atoms. The number of benzene rings is 3. The van der Waals surface area contributed by atoms with E-state index in [2.05, 4.69) is 0 Å². The zero-order valence-corrected chi connectivity index (χ0v) is 15.4. The van der Waals surface area contributed by atoms with Gasteiger partial charge >= 0.3 is 0 Å². The molecule has 0 atom stereocenters. The molecule has 0 heterocycles. The Labute approximate surface area is 160 Å². The van der Waals surface area contributed by atoms with Gasteiger partial charge in [-0.15, -0.1) is 0 Å². The van der Waals surface area contributed by atoms with Crippen LogP contribution in [0.1, 0.15) is 11.1 Å². The Hall–Kier alpha value is -3.27. The van der Waals surface area contributed by atoms with E-state index in [0.29, 0.717) is 18.8 Å². The molecule has 0 aliphatic rings. The number of carbonyl (C=O) groups excluding carboxylic acids is 1. The lowest BCUT2D eigenvalue weighted by molar-refractivity contribution is -0.134. The van der Waals surface area contributed by atoms with Gasteiger partial charge in [0.1, 0.15) is 11.5 Å². The number of methoxy groups -OCH3 is 1. The summed E-state index contributed by atoms with van der Waals surface area (Å²) < 4.78 is 10.8. The monoisotopic (exact) mass is 361 g/mol. The zero-order chi connectivity index (χ0) is 18.9. The summed E-state index contributed by atoms with van der Waals surface area (Å²) >= 11 is 0. The standard InChI is InChI=1S/C23H23NO3/c1-26-21-12-14-22(15-13-21)27-18-23(25)24(16-19-8-4-2-5-9-19)17-20-10-6-3-7-11-20/h2-15H,16-18H2,1H3. The Morgan fingerprint density at radius 2 is 1.22 bits per heavy atom. The van der Waals surface area contributed by atoms with Crippen LogP contribution in [0.4, 0.5) is 0 Å². The van der Waals surface area contributed by atoms with E-state index in [1.165, 1.54) is 0 Å². The van der Waals surface area contributed by atoms with E-state index in [1.54, 1.807) is 19.2 Å². The minimum atomic E-state index is -0.0569. The van der Waals surface area contributed by atoms with Gasteiger partial charge in [-0.25, -0.2) is 0 Å². The second kappa shape index (κ2) is 9.43. The lowest BCUT2D eigenvalue weighted by Gasteiger charge is -2.23. The summed E-state index contributed by atoms with van der Waals surface area (Å²) in [6.07, 6.45) is 0. The largest absolute Gasteiger partial charge is 0.497 e. The van der Waals surface area contributed by atoms with Crippen molar-refractivity contribution in [3.8, 4) is 11.5 Å². The molecule has 0 bridgehead atoms. The summed E-state index contributed by atoms with van der Waals surface area (Å²) in [4.78, 5) is 14.6. The Balaban J connectivity index is 1.67. The van der Waals surface area contributed by atoms with E-state index in [-0.39, 0.29) is 12.5 Å². The van der Waals surface area contributed by atoms with Crippen molar-refractivity contribution in [3.63, 3.8) is 0 Å². The SMILES string of the molecule is COc1ccc(OCC(=O)N(Cc2ccccc2)Cc2ccccc2)cc1. The van der Waals surface area contributed by atoms with Crippen molar-refractivity contribution in [2.75, 3.05) is 13.7 Å². The molecule has 4 nitrogen and oxygen atoms in total. The van der Waals surface area contributed by atoms with Crippen LogP contribution in [-0.2, 0) is 17.9 Å². The molecule has 0 N–H and O–H groups in total. The van der Waals surface area contributed by atoms with Crippen molar-refractivity contribution in [1.82, 2.24) is 4.90 Å². The summed E-state index contributed by atoms with van der Waals surface area (Å²) in [6.45, 7) is 1.08. The third-order valence-corrected chi connectivity index (χ3v) is 4.21. The van der Waals surface area contributed by atoms with Crippen molar-refractivity contribution in [3.05, 3.63) is 96.1 Å². The lowest BCUT2D eigenvalue weighted by atomic mass is 10.1. The number of hydrogen-bond acceptors (Lipinski definition) is 3. The first kappa shape index (κ1) is 18.5. The molecule has 3 rings (SSSR count). The smallest absolute Gasteiger partial charge is 0.261 e. The zero-order valence-electron chi connectivity index (χ0n) is 15.4. The number of nitrogens with zero attached hydrogens (tertiary/aromatic N) is 1. The van der Waals surface area contributed by atoms with Gasteiger partial charge < -0.3 is 14.4 Å². The Morgan fingerprint density at radius 3 is 1.70 bits per heavy atom. The molecule has 3 aromatic rings. The van der Waals surface area contributed by atoms with E-state index in [0.717, 1.165) is 16.9 Å². The quantitative estimate of drug-likeness (QED) is 0.600. The van der Waals surface area contributed by atoms with Crippen LogP contribution in [0.15, 0.2) is 84.9 Å². The van der Waals surface area contributed by atoms with Gasteiger partial charge in [0.2, 0.25) is 0 Å². The summed E-state index contributed by atoms with van der Waals surface area (Å²) in [5, 5.41) is 0. The third-order valence-electron chi connectivity index (χ3n) is 4.21. The minimum absolute atomic E-state index is 0.00794. The molecular formula is C23H23NO3. The van der Waals surface area contributed by atoms with E-state index in [4.69, 9.17) is 9.47 Å². The molecule has 4 heteroatoms. The molecule has 0 unspecified atom stereocenters. The second-order valence-corrected chi connectivity index (χ2v) is 6.19. The van der Waals surface area contributed by atoms with Crippen LogP contribution in [0.3, 0.4) is 0 Å². The molecule has 27 heavy (non-hydrogen) atoms. The van der Waals surface area contributed by atoms with Crippen LogP contribution < -0.4 is 9.47 Å². The van der Waals surface area contributed by atoms with Gasteiger partial charge in [0.05, 0.1) is 7.11 Å². The van der Waals surface area contributed by atoms with Crippen LogP contribution in [0.2, 0.25) is 0 Å². The first-order valence-electron chi connectivity index (χ1n) is 8.87. The van der Waals surface area contributed by atoms with Crippen molar-refractivity contribution >= 4 is 5.91 Å². The first-order chi connectivity index (χ1) is 13.2. The van der Waals surface area contributed by atoms with E-state index < -0.39 is 0 Å². The van der Waals surface area contributed by atoms with Crippen LogP contribution >= 0.6 is 0 Å². The molecule has 0 aliphatic heterocycles. The number of carbonyl (C=O) groups is 1. The van der Waals surface area contributed by atoms with Crippen molar-refractivity contribution in [2.45, 2.75) is 13.1 Å². The van der Waals surface area contributed by atoms with Gasteiger partial charge in [0, 0.05) is 13.1 Å². The van der Waals surface area contributed by atoms with Gasteiger partial charge in [0.25, 0.3) is 5.91 Å². The molecule has 0 fully saturated rings. The van der Waals surface area contributed by atoms with Gasteiger partial charge in [0.15, 0.2) is 6.61 Å². The number of hydrogen-bond donors (Lipinski definition) is 0. The number of ether oxygens (including phenoxy) is 2. The first-order valence-corrected chi connectivity index (χ1v) is 8.87. The van der Waals surface area contributed by atoms with Gasteiger partial charge in [-0.3, -0.25) is 4.79 Å². The molecule has 0 saturated carbocycles. The highest BCUT2D eigenvalue weighted by Gasteiger charge is 2.15. The fourth-order valence-corrected chi connectivity index (χ4v) is 2.75. The van der Waals surface area contributed by atoms with Crippen molar-refractivity contribution in [1.29, 1.82) is 0 Å². The van der Waals surface area contributed by atoms with Crippen LogP contribution in [-0.4, -0.2) is 24.5 Å². The van der Waals surface area contributed by atoms with E-state index in [9.17, 15) is 4.79 Å². The molecule has 0 aromatic heterocycles. The second-order valence-electron chi connectivity index (χ2n) is 6.19. The molecular weight excluding hydrogens is 338 g/mol. The summed E-state index contributed by atoms with van der Waals surface area (Å²) in [5.74, 6) is 1.34. The van der Waals surface area contributed by atoms with Gasteiger partial charge in [-0.2, -0.15) is 0 Å². The highest BCUT2D eigenvalue weighted by Crippen LogP contribution is 2.17. The predicted octanol–water partition coefficient (Wildman–Crippen LogP) is 4.30. The molecule has 0 aliphatic carbocycles. The summed E-state index contributed by atoms with van der Waals surface area (Å²) in [5.41, 5.74) is 2.18. The Bertz CT molecular complexity index is 791. The van der Waals surface area contributed by atoms with Crippen molar-refractivity contribution < 1.29 is 14.3 Å². The molecule has 3 aromatic carbocycles. The topological polar surface area (TPSA) is 38.8 Å². The molecule has 138 valence electrons. The fraction of sp³-hybridized carbons (Fsp3) is 0.174. The molecule has 1 amide bonds. The lowest BCUT2D eigenvalue weighted by Crippen LogP contribution is -2.34. The summed E-state index contributed by atoms with van der Waals surface area (Å²) in [6, 6.07) is 27.2. The van der Waals surface area contributed by atoms with Gasteiger partial charge in [-0.05, 0) is 35.4 Å². The predicted molar refractivity (Wildman–Crippen MR) is 106 cm³/mol. The van der Waals surface area contributed by atoms with Crippen molar-refractivity contribution in [2.24, 2.45) is 0 Å². The number of amides is 1. The number of rotatable bonds is 8. The maximum atomic E-state index is 12.8.